The second-order valence-electron chi connectivity index (χ2n) is 4.18. The molecule has 1 aromatic heterocycles. The van der Waals surface area contributed by atoms with E-state index in [0.717, 1.165) is 0 Å². The highest BCUT2D eigenvalue weighted by atomic mass is 32.2. The third-order valence-electron chi connectivity index (χ3n) is 2.79. The maximum atomic E-state index is 11.7. The molecule has 100 valence electrons. The topological polar surface area (TPSA) is 105 Å². The van der Waals surface area contributed by atoms with Crippen LogP contribution in [0.4, 0.5) is 0 Å². The van der Waals surface area contributed by atoms with E-state index in [0.29, 0.717) is 19.5 Å². The molecule has 1 saturated heterocycles. The summed E-state index contributed by atoms with van der Waals surface area (Å²) in [6.45, 7) is 2.46. The minimum Gasteiger partial charge on any atom is -0.476 e. The summed E-state index contributed by atoms with van der Waals surface area (Å²) in [5.74, 6) is -1.01. The zero-order valence-corrected chi connectivity index (χ0v) is 10.7. The largest absolute Gasteiger partial charge is 0.476 e. The highest BCUT2D eigenvalue weighted by Gasteiger charge is 2.37. The number of nitrogens with zero attached hydrogens (tertiary/aromatic N) is 4. The molecule has 2 rings (SSSR count). The zero-order valence-electron chi connectivity index (χ0n) is 9.85. The Labute approximate surface area is 104 Å². The van der Waals surface area contributed by atoms with Gasteiger partial charge in [-0.2, -0.15) is 4.31 Å². The van der Waals surface area contributed by atoms with E-state index in [-0.39, 0.29) is 17.5 Å². The van der Waals surface area contributed by atoms with Crippen molar-refractivity contribution in [2.24, 2.45) is 0 Å². The Morgan fingerprint density at radius 3 is 2.72 bits per heavy atom. The van der Waals surface area contributed by atoms with Crippen LogP contribution in [0.3, 0.4) is 0 Å². The number of aromatic nitrogens is 3. The number of hydrogen-bond acceptors (Lipinski definition) is 5. The molecule has 0 spiro atoms. The summed E-state index contributed by atoms with van der Waals surface area (Å²) in [7, 11) is -3.17. The Bertz CT molecular complexity index is 547. The number of carboxylic acid groups (broad SMARTS) is 1. The molecule has 1 fully saturated rings. The number of aromatic carboxylic acids is 1. The molecule has 9 heteroatoms. The third-order valence-corrected chi connectivity index (χ3v) is 4.80. The van der Waals surface area contributed by atoms with Gasteiger partial charge in [0, 0.05) is 13.1 Å². The van der Waals surface area contributed by atoms with Gasteiger partial charge in [-0.1, -0.05) is 12.1 Å². The van der Waals surface area contributed by atoms with E-state index in [1.165, 1.54) is 15.2 Å². The van der Waals surface area contributed by atoms with Crippen molar-refractivity contribution in [3.05, 3.63) is 11.9 Å². The van der Waals surface area contributed by atoms with Crippen molar-refractivity contribution < 1.29 is 18.3 Å². The average Bonchev–Trinajstić information content (AvgIpc) is 2.63. The molecule has 0 saturated carbocycles. The molecule has 0 bridgehead atoms. The second kappa shape index (κ2) is 4.65. The van der Waals surface area contributed by atoms with Gasteiger partial charge in [-0.15, -0.1) is 5.10 Å². The van der Waals surface area contributed by atoms with Crippen molar-refractivity contribution in [2.45, 2.75) is 19.4 Å². The van der Waals surface area contributed by atoms with Crippen LogP contribution in [-0.4, -0.2) is 57.6 Å². The zero-order chi connectivity index (χ0) is 13.3. The van der Waals surface area contributed by atoms with Gasteiger partial charge in [-0.3, -0.25) is 0 Å². The van der Waals surface area contributed by atoms with Crippen LogP contribution in [0, 0.1) is 0 Å². The van der Waals surface area contributed by atoms with E-state index in [4.69, 9.17) is 5.11 Å². The minimum absolute atomic E-state index is 0.128. The lowest BCUT2D eigenvalue weighted by Gasteiger charge is -2.37. The molecule has 2 heterocycles. The van der Waals surface area contributed by atoms with Gasteiger partial charge in [-0.25, -0.2) is 17.9 Å². The fourth-order valence-corrected chi connectivity index (χ4v) is 3.32. The molecule has 0 aromatic carbocycles. The summed E-state index contributed by atoms with van der Waals surface area (Å²) in [5.41, 5.74) is -0.134. The predicted octanol–water partition coefficient (Wildman–Crippen LogP) is -0.427. The van der Waals surface area contributed by atoms with Crippen LogP contribution in [0.15, 0.2) is 6.20 Å². The third kappa shape index (κ3) is 2.36. The normalized spacial score (nSPS) is 17.6. The van der Waals surface area contributed by atoms with Gasteiger partial charge in [0.1, 0.15) is 0 Å². The molecule has 0 atom stereocenters. The molecule has 0 aliphatic carbocycles. The molecule has 1 aromatic rings. The lowest BCUT2D eigenvalue weighted by molar-refractivity contribution is 0.0690. The summed E-state index contributed by atoms with van der Waals surface area (Å²) < 4.78 is 26.2. The molecule has 0 amide bonds. The van der Waals surface area contributed by atoms with Crippen LogP contribution in [0.2, 0.25) is 0 Å². The smallest absolute Gasteiger partial charge is 0.358 e. The Balaban J connectivity index is 1.98. The summed E-state index contributed by atoms with van der Waals surface area (Å²) in [6.07, 6.45) is 1.90. The first kappa shape index (κ1) is 13.0. The van der Waals surface area contributed by atoms with Crippen molar-refractivity contribution in [2.75, 3.05) is 18.8 Å². The lowest BCUT2D eigenvalue weighted by atomic mass is 10.2. The van der Waals surface area contributed by atoms with Crippen LogP contribution < -0.4 is 0 Å². The first-order chi connectivity index (χ1) is 8.44. The maximum Gasteiger partial charge on any atom is 0.358 e. The molecule has 18 heavy (non-hydrogen) atoms. The van der Waals surface area contributed by atoms with Crippen LogP contribution in [0.5, 0.6) is 0 Å². The highest BCUT2D eigenvalue weighted by molar-refractivity contribution is 7.89. The van der Waals surface area contributed by atoms with Crippen molar-refractivity contribution >= 4 is 16.0 Å². The summed E-state index contributed by atoms with van der Waals surface area (Å²) in [6, 6.07) is -0.128. The molecule has 1 aliphatic heterocycles. The van der Waals surface area contributed by atoms with E-state index in [9.17, 15) is 13.2 Å². The summed E-state index contributed by atoms with van der Waals surface area (Å²) >= 11 is 0. The number of hydrogen-bond donors (Lipinski definition) is 1. The molecule has 0 radical (unpaired) electrons. The Morgan fingerprint density at radius 1 is 1.56 bits per heavy atom. The van der Waals surface area contributed by atoms with Gasteiger partial charge < -0.3 is 5.11 Å². The average molecular weight is 274 g/mol. The van der Waals surface area contributed by atoms with E-state index >= 15 is 0 Å². The number of carboxylic acids is 1. The Hall–Kier alpha value is -1.48. The fourth-order valence-electron chi connectivity index (χ4n) is 1.75. The molecule has 1 N–H and O–H groups in total. The first-order valence-electron chi connectivity index (χ1n) is 5.57. The quantitative estimate of drug-likeness (QED) is 0.781. The van der Waals surface area contributed by atoms with Crippen molar-refractivity contribution in [1.82, 2.24) is 19.3 Å². The van der Waals surface area contributed by atoms with Crippen LogP contribution in [0.1, 0.15) is 29.9 Å². The molecule has 0 unspecified atom stereocenters. The molecular formula is C9H14N4O4S. The van der Waals surface area contributed by atoms with Crippen LogP contribution in [-0.2, 0) is 10.0 Å². The predicted molar refractivity (Wildman–Crippen MR) is 61.7 cm³/mol. The Morgan fingerprint density at radius 2 is 2.22 bits per heavy atom. The van der Waals surface area contributed by atoms with Crippen LogP contribution >= 0.6 is 0 Å². The van der Waals surface area contributed by atoms with E-state index < -0.39 is 16.0 Å². The van der Waals surface area contributed by atoms with Gasteiger partial charge in [-0.05, 0) is 6.42 Å². The van der Waals surface area contributed by atoms with Crippen molar-refractivity contribution in [3.8, 4) is 0 Å². The number of sulfonamides is 1. The van der Waals surface area contributed by atoms with Gasteiger partial charge in [0.15, 0.2) is 5.69 Å². The van der Waals surface area contributed by atoms with Gasteiger partial charge in [0.25, 0.3) is 0 Å². The lowest BCUT2D eigenvalue weighted by Crippen LogP contribution is -2.51. The van der Waals surface area contributed by atoms with E-state index in [1.807, 2.05) is 6.92 Å². The number of carbonyl (C=O) groups is 1. The van der Waals surface area contributed by atoms with E-state index in [1.54, 1.807) is 0 Å². The Kier molecular flexibility index (Phi) is 3.35. The maximum absolute atomic E-state index is 11.7. The summed E-state index contributed by atoms with van der Waals surface area (Å²) in [4.78, 5) is 10.6. The van der Waals surface area contributed by atoms with Gasteiger partial charge in [0.05, 0.1) is 18.0 Å². The molecular weight excluding hydrogens is 260 g/mol. The summed E-state index contributed by atoms with van der Waals surface area (Å²) in [5, 5.41) is 15.9. The SMILES string of the molecule is CCCS(=O)(=O)N1CC(n2cc(C(=O)O)nn2)C1. The minimum atomic E-state index is -3.17. The molecule has 1 aliphatic rings. The van der Waals surface area contributed by atoms with Gasteiger partial charge in [0.2, 0.25) is 10.0 Å². The van der Waals surface area contributed by atoms with Crippen molar-refractivity contribution in [3.63, 3.8) is 0 Å². The standard InChI is InChI=1S/C9H14N4O4S/c1-2-3-18(16,17)12-4-7(5-12)13-6-8(9(14)15)10-11-13/h6-7H,2-5H2,1H3,(H,14,15). The van der Waals surface area contributed by atoms with Gasteiger partial charge >= 0.3 is 5.97 Å². The second-order valence-corrected chi connectivity index (χ2v) is 6.26. The number of rotatable bonds is 5. The molecule has 8 nitrogen and oxygen atoms in total. The monoisotopic (exact) mass is 274 g/mol. The van der Waals surface area contributed by atoms with Crippen LogP contribution in [0.25, 0.3) is 0 Å². The first-order valence-corrected chi connectivity index (χ1v) is 7.18. The van der Waals surface area contributed by atoms with E-state index in [2.05, 4.69) is 10.3 Å². The highest BCUT2D eigenvalue weighted by Crippen LogP contribution is 2.24. The fraction of sp³-hybridized carbons (Fsp3) is 0.667. The van der Waals surface area contributed by atoms with Crippen molar-refractivity contribution in [1.29, 1.82) is 0 Å².